The summed E-state index contributed by atoms with van der Waals surface area (Å²) >= 11 is 6.02. The summed E-state index contributed by atoms with van der Waals surface area (Å²) < 4.78 is 2.25. The first-order valence-electron chi connectivity index (χ1n) is 5.57. The highest BCUT2D eigenvalue weighted by molar-refractivity contribution is 6.30. The van der Waals surface area contributed by atoms with Gasteiger partial charge < -0.3 is 4.57 Å². The molecular formula is C14H9ClN2. The molecule has 0 saturated carbocycles. The van der Waals surface area contributed by atoms with Gasteiger partial charge in [-0.05, 0) is 35.9 Å². The number of para-hydroxylation sites is 2. The maximum Gasteiger partial charge on any atom is 0.141 e. The lowest BCUT2D eigenvalue weighted by molar-refractivity contribution is 0.879. The van der Waals surface area contributed by atoms with E-state index in [2.05, 4.69) is 27.8 Å². The van der Waals surface area contributed by atoms with E-state index in [0.29, 0.717) is 0 Å². The van der Waals surface area contributed by atoms with Gasteiger partial charge in [0.05, 0.1) is 17.6 Å². The van der Waals surface area contributed by atoms with E-state index in [0.717, 1.165) is 22.9 Å². The molecule has 1 aromatic heterocycles. The lowest BCUT2D eigenvalue weighted by atomic mass is 10.1. The van der Waals surface area contributed by atoms with Crippen molar-refractivity contribution in [2.45, 2.75) is 6.54 Å². The zero-order valence-corrected chi connectivity index (χ0v) is 9.78. The number of aromatic nitrogens is 2. The molecule has 0 spiro atoms. The van der Waals surface area contributed by atoms with Crippen molar-refractivity contribution in [1.29, 1.82) is 0 Å². The van der Waals surface area contributed by atoms with Crippen molar-refractivity contribution in [3.8, 4) is 11.4 Å². The molecule has 1 aliphatic rings. The summed E-state index contributed by atoms with van der Waals surface area (Å²) in [6, 6.07) is 14.2. The molecule has 0 radical (unpaired) electrons. The van der Waals surface area contributed by atoms with Gasteiger partial charge in [0.1, 0.15) is 5.82 Å². The van der Waals surface area contributed by atoms with Crippen molar-refractivity contribution in [2.75, 3.05) is 0 Å². The zero-order valence-electron chi connectivity index (χ0n) is 9.02. The summed E-state index contributed by atoms with van der Waals surface area (Å²) in [6.07, 6.45) is 0. The van der Waals surface area contributed by atoms with E-state index in [-0.39, 0.29) is 0 Å². The standard InChI is InChI=1S/C14H9ClN2/c15-10-5-6-11-9(7-10)8-17-13-4-2-1-3-12(13)16-14(11)17/h1-7H,8H2. The first kappa shape index (κ1) is 9.25. The highest BCUT2D eigenvalue weighted by Crippen LogP contribution is 2.35. The average molecular weight is 241 g/mol. The number of halogens is 1. The molecule has 0 atom stereocenters. The van der Waals surface area contributed by atoms with E-state index in [4.69, 9.17) is 11.6 Å². The van der Waals surface area contributed by atoms with Gasteiger partial charge in [-0.2, -0.15) is 0 Å². The van der Waals surface area contributed by atoms with E-state index in [1.807, 2.05) is 24.3 Å². The normalized spacial score (nSPS) is 12.8. The fourth-order valence-corrected chi connectivity index (χ4v) is 2.72. The first-order chi connectivity index (χ1) is 8.33. The Morgan fingerprint density at radius 2 is 2.00 bits per heavy atom. The van der Waals surface area contributed by atoms with Crippen molar-refractivity contribution in [2.24, 2.45) is 0 Å². The minimum Gasteiger partial charge on any atom is -0.319 e. The quantitative estimate of drug-likeness (QED) is 0.458. The number of hydrogen-bond donors (Lipinski definition) is 0. The van der Waals surface area contributed by atoms with Crippen molar-refractivity contribution in [3.05, 3.63) is 53.1 Å². The predicted octanol–water partition coefficient (Wildman–Crippen LogP) is 3.72. The smallest absolute Gasteiger partial charge is 0.141 e. The van der Waals surface area contributed by atoms with Crippen LogP contribution in [0.25, 0.3) is 22.4 Å². The van der Waals surface area contributed by atoms with Crippen LogP contribution in [0, 0.1) is 0 Å². The predicted molar refractivity (Wildman–Crippen MR) is 69.3 cm³/mol. The molecule has 0 aliphatic carbocycles. The topological polar surface area (TPSA) is 17.8 Å². The summed E-state index contributed by atoms with van der Waals surface area (Å²) in [5, 5.41) is 0.791. The molecule has 2 nitrogen and oxygen atoms in total. The van der Waals surface area contributed by atoms with E-state index in [9.17, 15) is 0 Å². The van der Waals surface area contributed by atoms with Crippen LogP contribution in [0.15, 0.2) is 42.5 Å². The molecule has 2 heterocycles. The fourth-order valence-electron chi connectivity index (χ4n) is 2.52. The van der Waals surface area contributed by atoms with Crippen molar-refractivity contribution in [1.82, 2.24) is 9.55 Å². The van der Waals surface area contributed by atoms with Crippen LogP contribution in [-0.2, 0) is 6.54 Å². The Hall–Kier alpha value is -1.80. The van der Waals surface area contributed by atoms with Crippen LogP contribution in [0.2, 0.25) is 5.02 Å². The summed E-state index contributed by atoms with van der Waals surface area (Å²) in [6.45, 7) is 0.867. The highest BCUT2D eigenvalue weighted by atomic mass is 35.5. The molecule has 82 valence electrons. The SMILES string of the molecule is Clc1ccc2c(c1)Cn1c-2nc2ccccc21. The highest BCUT2D eigenvalue weighted by Gasteiger charge is 2.22. The Labute approximate surface area is 103 Å². The molecule has 3 heteroatoms. The van der Waals surface area contributed by atoms with Gasteiger partial charge in [-0.3, -0.25) is 0 Å². The minimum atomic E-state index is 0.791. The molecule has 0 saturated heterocycles. The van der Waals surface area contributed by atoms with Gasteiger partial charge in [-0.25, -0.2) is 4.98 Å². The molecule has 4 rings (SSSR count). The second kappa shape index (κ2) is 3.11. The fraction of sp³-hybridized carbons (Fsp3) is 0.0714. The maximum absolute atomic E-state index is 6.02. The lowest BCUT2D eigenvalue weighted by Crippen LogP contribution is -1.91. The van der Waals surface area contributed by atoms with Gasteiger partial charge in [-0.1, -0.05) is 23.7 Å². The molecule has 17 heavy (non-hydrogen) atoms. The van der Waals surface area contributed by atoms with Gasteiger partial charge in [0.25, 0.3) is 0 Å². The van der Waals surface area contributed by atoms with Crippen LogP contribution in [0.5, 0.6) is 0 Å². The summed E-state index contributed by atoms with van der Waals surface area (Å²) in [7, 11) is 0. The summed E-state index contributed by atoms with van der Waals surface area (Å²) in [5.74, 6) is 1.05. The summed E-state index contributed by atoms with van der Waals surface area (Å²) in [4.78, 5) is 4.68. The molecule has 3 aromatic rings. The Bertz CT molecular complexity index is 743. The number of benzene rings is 2. The number of fused-ring (bicyclic) bond motifs is 5. The largest absolute Gasteiger partial charge is 0.319 e. The number of imidazole rings is 1. The summed E-state index contributed by atoms with van der Waals surface area (Å²) in [5.41, 5.74) is 4.70. The molecule has 0 fully saturated rings. The molecule has 2 aromatic carbocycles. The third kappa shape index (κ3) is 1.19. The van der Waals surface area contributed by atoms with Crippen LogP contribution < -0.4 is 0 Å². The van der Waals surface area contributed by atoms with Crippen molar-refractivity contribution >= 4 is 22.6 Å². The third-order valence-corrected chi connectivity index (χ3v) is 3.53. The molecule has 1 aliphatic heterocycles. The Balaban J connectivity index is 2.06. The minimum absolute atomic E-state index is 0.791. The van der Waals surface area contributed by atoms with Gasteiger partial charge in [-0.15, -0.1) is 0 Å². The van der Waals surface area contributed by atoms with Crippen LogP contribution >= 0.6 is 11.6 Å². The Morgan fingerprint density at radius 3 is 2.94 bits per heavy atom. The third-order valence-electron chi connectivity index (χ3n) is 3.29. The molecule has 0 amide bonds. The number of hydrogen-bond acceptors (Lipinski definition) is 1. The number of rotatable bonds is 0. The Kier molecular flexibility index (Phi) is 1.69. The van der Waals surface area contributed by atoms with Gasteiger partial charge in [0.2, 0.25) is 0 Å². The van der Waals surface area contributed by atoms with Gasteiger partial charge >= 0.3 is 0 Å². The van der Waals surface area contributed by atoms with Crippen LogP contribution in [0.4, 0.5) is 0 Å². The second-order valence-electron chi connectivity index (χ2n) is 4.31. The van der Waals surface area contributed by atoms with Crippen molar-refractivity contribution in [3.63, 3.8) is 0 Å². The monoisotopic (exact) mass is 240 g/mol. The Morgan fingerprint density at radius 1 is 1.12 bits per heavy atom. The van der Waals surface area contributed by atoms with E-state index >= 15 is 0 Å². The zero-order chi connectivity index (χ0) is 11.4. The van der Waals surface area contributed by atoms with E-state index in [1.54, 1.807) is 0 Å². The maximum atomic E-state index is 6.02. The van der Waals surface area contributed by atoms with Crippen LogP contribution in [0.3, 0.4) is 0 Å². The molecular weight excluding hydrogens is 232 g/mol. The first-order valence-corrected chi connectivity index (χ1v) is 5.95. The second-order valence-corrected chi connectivity index (χ2v) is 4.75. The molecule has 0 bridgehead atoms. The molecule has 0 N–H and O–H groups in total. The van der Waals surface area contributed by atoms with E-state index < -0.39 is 0 Å². The van der Waals surface area contributed by atoms with Crippen LogP contribution in [0.1, 0.15) is 5.56 Å². The van der Waals surface area contributed by atoms with Gasteiger partial charge in [0.15, 0.2) is 0 Å². The lowest BCUT2D eigenvalue weighted by Gasteiger charge is -1.99. The van der Waals surface area contributed by atoms with Gasteiger partial charge in [0, 0.05) is 10.6 Å². The molecule has 0 unspecified atom stereocenters. The van der Waals surface area contributed by atoms with Crippen LogP contribution in [-0.4, -0.2) is 9.55 Å². The average Bonchev–Trinajstić information content (AvgIpc) is 2.84. The van der Waals surface area contributed by atoms with Crippen molar-refractivity contribution < 1.29 is 0 Å². The van der Waals surface area contributed by atoms with E-state index in [1.165, 1.54) is 16.6 Å². The number of nitrogens with zero attached hydrogens (tertiary/aromatic N) is 2.